The van der Waals surface area contributed by atoms with Crippen LogP contribution in [0.1, 0.15) is 18.6 Å². The van der Waals surface area contributed by atoms with Crippen molar-refractivity contribution in [3.05, 3.63) is 24.2 Å². The van der Waals surface area contributed by atoms with Gasteiger partial charge in [-0.3, -0.25) is 4.99 Å². The summed E-state index contributed by atoms with van der Waals surface area (Å²) in [4.78, 5) is 6.43. The summed E-state index contributed by atoms with van der Waals surface area (Å²) in [5.41, 5.74) is 0. The summed E-state index contributed by atoms with van der Waals surface area (Å²) in [5.74, 6) is 5.28. The van der Waals surface area contributed by atoms with Crippen molar-refractivity contribution in [3.8, 4) is 0 Å². The fourth-order valence-electron chi connectivity index (χ4n) is 2.28. The number of nitrogens with zero attached hydrogens (tertiary/aromatic N) is 2. The highest BCUT2D eigenvalue weighted by molar-refractivity contribution is 7.99. The lowest BCUT2D eigenvalue weighted by Crippen LogP contribution is -2.41. The predicted octanol–water partition coefficient (Wildman–Crippen LogP) is 2.43. The Labute approximate surface area is 119 Å². The van der Waals surface area contributed by atoms with Gasteiger partial charge in [-0.1, -0.05) is 0 Å². The monoisotopic (exact) mass is 281 g/mol. The topological polar surface area (TPSA) is 40.8 Å². The Morgan fingerprint density at radius 3 is 2.95 bits per heavy atom. The molecule has 106 valence electrons. The number of guanidine groups is 1. The molecule has 0 aliphatic carbocycles. The van der Waals surface area contributed by atoms with E-state index in [-0.39, 0.29) is 0 Å². The second kappa shape index (κ2) is 7.48. The fourth-order valence-corrected chi connectivity index (χ4v) is 3.49. The summed E-state index contributed by atoms with van der Waals surface area (Å²) >= 11 is 2.07. The van der Waals surface area contributed by atoms with Crippen LogP contribution in [-0.4, -0.2) is 43.0 Å². The van der Waals surface area contributed by atoms with E-state index in [1.165, 1.54) is 24.3 Å². The molecule has 19 heavy (non-hydrogen) atoms. The number of nitrogens with one attached hydrogen (secondary N) is 1. The molecule has 0 saturated carbocycles. The summed E-state index contributed by atoms with van der Waals surface area (Å²) < 4.78 is 5.37. The molecular formula is C14H23N3OS. The molecule has 0 spiro atoms. The number of furan rings is 1. The Morgan fingerprint density at radius 2 is 2.32 bits per heavy atom. The van der Waals surface area contributed by atoms with Gasteiger partial charge in [0.15, 0.2) is 5.96 Å². The molecule has 1 saturated heterocycles. The van der Waals surface area contributed by atoms with Gasteiger partial charge in [-0.25, -0.2) is 0 Å². The van der Waals surface area contributed by atoms with E-state index in [4.69, 9.17) is 4.42 Å². The van der Waals surface area contributed by atoms with Gasteiger partial charge >= 0.3 is 0 Å². The Bertz CT molecular complexity index is 385. The lowest BCUT2D eigenvalue weighted by molar-refractivity contribution is 0.392. The molecule has 1 aromatic heterocycles. The highest BCUT2D eigenvalue weighted by Gasteiger charge is 2.15. The highest BCUT2D eigenvalue weighted by atomic mass is 32.2. The van der Waals surface area contributed by atoms with Gasteiger partial charge in [0.2, 0.25) is 0 Å². The number of rotatable bonds is 4. The SMILES string of the molecule is CN=C(NCC1CCSCC1)N(C)Cc1ccco1. The molecule has 0 bridgehead atoms. The van der Waals surface area contributed by atoms with Gasteiger partial charge in [0.1, 0.15) is 5.76 Å². The zero-order valence-corrected chi connectivity index (χ0v) is 12.6. The smallest absolute Gasteiger partial charge is 0.193 e. The zero-order chi connectivity index (χ0) is 13.5. The molecule has 0 unspecified atom stereocenters. The van der Waals surface area contributed by atoms with Crippen LogP contribution in [0.2, 0.25) is 0 Å². The summed E-state index contributed by atoms with van der Waals surface area (Å²) in [6, 6.07) is 3.90. The molecule has 2 rings (SSSR count). The van der Waals surface area contributed by atoms with Crippen molar-refractivity contribution in [2.45, 2.75) is 19.4 Å². The molecule has 2 heterocycles. The van der Waals surface area contributed by atoms with E-state index in [2.05, 4.69) is 27.0 Å². The van der Waals surface area contributed by atoms with Crippen LogP contribution in [0.5, 0.6) is 0 Å². The maximum absolute atomic E-state index is 5.37. The molecule has 4 nitrogen and oxygen atoms in total. The van der Waals surface area contributed by atoms with Crippen LogP contribution < -0.4 is 5.32 Å². The van der Waals surface area contributed by atoms with Crippen molar-refractivity contribution in [2.24, 2.45) is 10.9 Å². The molecule has 0 atom stereocenters. The number of thioether (sulfide) groups is 1. The molecule has 1 aliphatic heterocycles. The molecule has 1 aromatic rings. The third-order valence-corrected chi connectivity index (χ3v) is 4.48. The van der Waals surface area contributed by atoms with E-state index in [1.807, 2.05) is 26.2 Å². The lowest BCUT2D eigenvalue weighted by Gasteiger charge is -2.25. The van der Waals surface area contributed by atoms with Crippen molar-refractivity contribution in [1.82, 2.24) is 10.2 Å². The van der Waals surface area contributed by atoms with Crippen molar-refractivity contribution in [2.75, 3.05) is 32.1 Å². The zero-order valence-electron chi connectivity index (χ0n) is 11.8. The summed E-state index contributed by atoms with van der Waals surface area (Å²) in [6.45, 7) is 1.77. The molecule has 5 heteroatoms. The molecule has 1 N–H and O–H groups in total. The van der Waals surface area contributed by atoms with Crippen LogP contribution in [0.4, 0.5) is 0 Å². The average Bonchev–Trinajstić information content (AvgIpc) is 2.93. The Hall–Kier alpha value is -1.10. The van der Waals surface area contributed by atoms with E-state index in [9.17, 15) is 0 Å². The van der Waals surface area contributed by atoms with Crippen molar-refractivity contribution in [3.63, 3.8) is 0 Å². The van der Waals surface area contributed by atoms with Crippen LogP contribution in [0.25, 0.3) is 0 Å². The third-order valence-electron chi connectivity index (χ3n) is 3.44. The van der Waals surface area contributed by atoms with Crippen LogP contribution in [-0.2, 0) is 6.54 Å². The van der Waals surface area contributed by atoms with Crippen molar-refractivity contribution >= 4 is 17.7 Å². The van der Waals surface area contributed by atoms with Crippen molar-refractivity contribution < 1.29 is 4.42 Å². The highest BCUT2D eigenvalue weighted by Crippen LogP contribution is 2.21. The number of hydrogen-bond donors (Lipinski definition) is 1. The quantitative estimate of drug-likeness (QED) is 0.680. The van der Waals surface area contributed by atoms with E-state index in [0.29, 0.717) is 0 Å². The van der Waals surface area contributed by atoms with Gasteiger partial charge in [-0.15, -0.1) is 0 Å². The maximum atomic E-state index is 5.37. The molecule has 1 fully saturated rings. The third kappa shape index (κ3) is 4.49. The molecule has 0 amide bonds. The standard InChI is InChI=1S/C14H23N3OS/c1-15-14(16-10-12-5-8-19-9-6-12)17(2)11-13-4-3-7-18-13/h3-4,7,12H,5-6,8-11H2,1-2H3,(H,15,16). The molecule has 1 aliphatic rings. The van der Waals surface area contributed by atoms with Crippen LogP contribution in [0, 0.1) is 5.92 Å². The van der Waals surface area contributed by atoms with Gasteiger partial charge in [0.25, 0.3) is 0 Å². The first-order valence-corrected chi connectivity index (χ1v) is 7.97. The predicted molar refractivity (Wildman–Crippen MR) is 81.6 cm³/mol. The minimum Gasteiger partial charge on any atom is -0.467 e. The first kappa shape index (κ1) is 14.3. The average molecular weight is 281 g/mol. The Morgan fingerprint density at radius 1 is 1.53 bits per heavy atom. The maximum Gasteiger partial charge on any atom is 0.193 e. The van der Waals surface area contributed by atoms with Gasteiger partial charge < -0.3 is 14.6 Å². The summed E-state index contributed by atoms with van der Waals surface area (Å²) in [7, 11) is 3.87. The van der Waals surface area contributed by atoms with E-state index in [1.54, 1.807) is 6.26 Å². The van der Waals surface area contributed by atoms with Crippen molar-refractivity contribution in [1.29, 1.82) is 0 Å². The normalized spacial score (nSPS) is 17.5. The summed E-state index contributed by atoms with van der Waals surface area (Å²) in [6.07, 6.45) is 4.34. The van der Waals surface area contributed by atoms with E-state index in [0.717, 1.165) is 30.7 Å². The minimum atomic E-state index is 0.743. The van der Waals surface area contributed by atoms with E-state index < -0.39 is 0 Å². The van der Waals surface area contributed by atoms with Gasteiger partial charge in [-0.2, -0.15) is 11.8 Å². The number of aliphatic imine (C=N–C) groups is 1. The van der Waals surface area contributed by atoms with Crippen LogP contribution >= 0.6 is 11.8 Å². The Balaban J connectivity index is 1.78. The Kier molecular flexibility index (Phi) is 5.63. The van der Waals surface area contributed by atoms with Gasteiger partial charge in [0, 0.05) is 20.6 Å². The molecular weight excluding hydrogens is 258 g/mol. The van der Waals surface area contributed by atoms with Crippen LogP contribution in [0.3, 0.4) is 0 Å². The summed E-state index contributed by atoms with van der Waals surface area (Å²) in [5, 5.41) is 3.48. The van der Waals surface area contributed by atoms with Gasteiger partial charge in [-0.05, 0) is 42.4 Å². The second-order valence-electron chi connectivity index (χ2n) is 4.92. The first-order valence-electron chi connectivity index (χ1n) is 6.81. The molecule has 0 aromatic carbocycles. The second-order valence-corrected chi connectivity index (χ2v) is 6.14. The van der Waals surface area contributed by atoms with E-state index >= 15 is 0 Å². The fraction of sp³-hybridized carbons (Fsp3) is 0.643. The minimum absolute atomic E-state index is 0.743. The van der Waals surface area contributed by atoms with Crippen LogP contribution in [0.15, 0.2) is 27.8 Å². The number of hydrogen-bond acceptors (Lipinski definition) is 3. The van der Waals surface area contributed by atoms with Gasteiger partial charge in [0.05, 0.1) is 12.8 Å². The largest absolute Gasteiger partial charge is 0.467 e. The first-order chi connectivity index (χ1) is 9.29. The lowest BCUT2D eigenvalue weighted by atomic mass is 10.0. The molecule has 0 radical (unpaired) electrons.